The van der Waals surface area contributed by atoms with E-state index in [1.54, 1.807) is 19.5 Å². The molecule has 6 nitrogen and oxygen atoms in total. The number of anilines is 2. The van der Waals surface area contributed by atoms with Crippen molar-refractivity contribution in [3.8, 4) is 0 Å². The smallest absolute Gasteiger partial charge is 0.231 e. The van der Waals surface area contributed by atoms with Gasteiger partial charge >= 0.3 is 0 Å². The molecule has 3 aromatic rings. The molecule has 0 saturated heterocycles. The fourth-order valence-electron chi connectivity index (χ4n) is 2.89. The van der Waals surface area contributed by atoms with Crippen molar-refractivity contribution in [3.05, 3.63) is 58.7 Å². The molecule has 1 heterocycles. The standard InChI is InChI=1S/C20H23ClN4O2S/c1-14-18(21)5-4-6-19(14)24-13-22-10-9-15-12-23-20-8-7-16(11-17(15)20)25(2)28(3,26)27/h4-8,11-13,23H,9-10H2,1-3H3,(H,22,24). The van der Waals surface area contributed by atoms with E-state index in [2.05, 4.69) is 15.3 Å². The Balaban J connectivity index is 1.68. The summed E-state index contributed by atoms with van der Waals surface area (Å²) in [5, 5.41) is 4.87. The minimum absolute atomic E-state index is 0.603. The molecule has 2 aromatic carbocycles. The Kier molecular flexibility index (Phi) is 5.96. The van der Waals surface area contributed by atoms with Crippen LogP contribution < -0.4 is 9.62 Å². The van der Waals surface area contributed by atoms with Crippen LogP contribution in [0.3, 0.4) is 0 Å². The highest BCUT2D eigenvalue weighted by Crippen LogP contribution is 2.26. The predicted molar refractivity (Wildman–Crippen MR) is 118 cm³/mol. The zero-order chi connectivity index (χ0) is 20.3. The molecule has 3 rings (SSSR count). The Hall–Kier alpha value is -2.51. The fourth-order valence-corrected chi connectivity index (χ4v) is 3.56. The zero-order valence-electron chi connectivity index (χ0n) is 16.0. The maximum absolute atomic E-state index is 11.8. The number of hydrogen-bond donors (Lipinski definition) is 2. The van der Waals surface area contributed by atoms with Crippen LogP contribution in [0.4, 0.5) is 11.4 Å². The Bertz CT molecular complexity index is 1120. The highest BCUT2D eigenvalue weighted by molar-refractivity contribution is 7.92. The molecular weight excluding hydrogens is 396 g/mol. The molecule has 28 heavy (non-hydrogen) atoms. The first-order valence-corrected chi connectivity index (χ1v) is 11.0. The van der Waals surface area contributed by atoms with Crippen LogP contribution in [0.25, 0.3) is 10.9 Å². The van der Waals surface area contributed by atoms with E-state index in [1.165, 1.54) is 10.6 Å². The van der Waals surface area contributed by atoms with Crippen LogP contribution in [-0.2, 0) is 16.4 Å². The van der Waals surface area contributed by atoms with Crippen LogP contribution in [0.15, 0.2) is 47.6 Å². The largest absolute Gasteiger partial charge is 0.361 e. The minimum atomic E-state index is -3.30. The van der Waals surface area contributed by atoms with Crippen LogP contribution in [-0.4, -0.2) is 39.6 Å². The summed E-state index contributed by atoms with van der Waals surface area (Å²) in [6, 6.07) is 11.3. The number of hydrogen-bond acceptors (Lipinski definition) is 3. The molecule has 8 heteroatoms. The van der Waals surface area contributed by atoms with E-state index in [0.717, 1.165) is 34.1 Å². The topological polar surface area (TPSA) is 77.6 Å². The summed E-state index contributed by atoms with van der Waals surface area (Å²) in [6.07, 6.45) is 5.55. The monoisotopic (exact) mass is 418 g/mol. The molecule has 0 radical (unpaired) electrons. The van der Waals surface area contributed by atoms with Gasteiger partial charge in [0.2, 0.25) is 10.0 Å². The van der Waals surface area contributed by atoms with Crippen molar-refractivity contribution in [1.29, 1.82) is 0 Å². The van der Waals surface area contributed by atoms with Gasteiger partial charge in [0, 0.05) is 41.4 Å². The number of fused-ring (bicyclic) bond motifs is 1. The molecular formula is C20H23ClN4O2S. The molecule has 0 spiro atoms. The third kappa shape index (κ3) is 4.48. The summed E-state index contributed by atoms with van der Waals surface area (Å²) in [7, 11) is -1.74. The first-order chi connectivity index (χ1) is 13.3. The van der Waals surface area contributed by atoms with Crippen molar-refractivity contribution in [2.45, 2.75) is 13.3 Å². The molecule has 0 fully saturated rings. The number of aromatic amines is 1. The summed E-state index contributed by atoms with van der Waals surface area (Å²) in [4.78, 5) is 7.64. The number of benzene rings is 2. The molecule has 2 N–H and O–H groups in total. The van der Waals surface area contributed by atoms with Crippen LogP contribution in [0.1, 0.15) is 11.1 Å². The molecule has 0 bridgehead atoms. The van der Waals surface area contributed by atoms with Crippen molar-refractivity contribution in [1.82, 2.24) is 4.98 Å². The van der Waals surface area contributed by atoms with Crippen molar-refractivity contribution < 1.29 is 8.42 Å². The molecule has 0 amide bonds. The summed E-state index contributed by atoms with van der Waals surface area (Å²) >= 11 is 6.11. The highest BCUT2D eigenvalue weighted by Gasteiger charge is 2.13. The van der Waals surface area contributed by atoms with Gasteiger partial charge in [0.15, 0.2) is 0 Å². The van der Waals surface area contributed by atoms with Gasteiger partial charge in [-0.05, 0) is 54.8 Å². The van der Waals surface area contributed by atoms with E-state index in [4.69, 9.17) is 11.6 Å². The van der Waals surface area contributed by atoms with Crippen LogP contribution in [0.5, 0.6) is 0 Å². The fraction of sp³-hybridized carbons (Fsp3) is 0.250. The van der Waals surface area contributed by atoms with E-state index >= 15 is 0 Å². The third-order valence-electron chi connectivity index (χ3n) is 4.70. The molecule has 148 valence electrons. The third-order valence-corrected chi connectivity index (χ3v) is 6.32. The number of nitrogens with zero attached hydrogens (tertiary/aromatic N) is 2. The molecule has 0 unspecified atom stereocenters. The molecule has 0 saturated carbocycles. The van der Waals surface area contributed by atoms with E-state index in [1.807, 2.05) is 43.5 Å². The number of rotatable bonds is 7. The van der Waals surface area contributed by atoms with Gasteiger partial charge in [-0.1, -0.05) is 17.7 Å². The second-order valence-electron chi connectivity index (χ2n) is 6.62. The van der Waals surface area contributed by atoms with E-state index < -0.39 is 10.0 Å². The van der Waals surface area contributed by atoms with Gasteiger partial charge in [0.05, 0.1) is 18.3 Å². The average Bonchev–Trinajstić information content (AvgIpc) is 3.05. The lowest BCUT2D eigenvalue weighted by Gasteiger charge is -2.16. The maximum Gasteiger partial charge on any atom is 0.231 e. The van der Waals surface area contributed by atoms with Crippen LogP contribution in [0.2, 0.25) is 5.02 Å². The molecule has 0 aliphatic heterocycles. The lowest BCUT2D eigenvalue weighted by Crippen LogP contribution is -2.24. The number of H-pyrrole nitrogens is 1. The van der Waals surface area contributed by atoms with Crippen molar-refractivity contribution >= 4 is 50.2 Å². The number of halogens is 1. The van der Waals surface area contributed by atoms with E-state index in [9.17, 15) is 8.42 Å². The van der Waals surface area contributed by atoms with Crippen LogP contribution in [0, 0.1) is 6.92 Å². The molecule has 1 aromatic heterocycles. The Morgan fingerprint density at radius 1 is 1.29 bits per heavy atom. The number of nitrogens with one attached hydrogen (secondary N) is 2. The predicted octanol–water partition coefficient (Wildman–Crippen LogP) is 4.21. The van der Waals surface area contributed by atoms with Gasteiger partial charge in [-0.3, -0.25) is 9.30 Å². The van der Waals surface area contributed by atoms with Crippen LogP contribution >= 0.6 is 11.6 Å². The van der Waals surface area contributed by atoms with E-state index in [0.29, 0.717) is 17.3 Å². The van der Waals surface area contributed by atoms with Crippen molar-refractivity contribution in [2.24, 2.45) is 4.99 Å². The Morgan fingerprint density at radius 3 is 2.82 bits per heavy atom. The first kappa shape index (κ1) is 20.2. The second kappa shape index (κ2) is 8.24. The summed E-state index contributed by atoms with van der Waals surface area (Å²) in [5.74, 6) is 0. The van der Waals surface area contributed by atoms with Gasteiger partial charge < -0.3 is 10.3 Å². The normalized spacial score (nSPS) is 12.0. The Morgan fingerprint density at radius 2 is 2.07 bits per heavy atom. The number of sulfonamides is 1. The zero-order valence-corrected chi connectivity index (χ0v) is 17.6. The number of aliphatic imine (C=N–C) groups is 1. The SMILES string of the molecule is Cc1c(Cl)cccc1NC=NCCc1c[nH]c2ccc(N(C)S(C)(=O)=O)cc12. The van der Waals surface area contributed by atoms with Gasteiger partial charge in [-0.15, -0.1) is 0 Å². The second-order valence-corrected chi connectivity index (χ2v) is 9.04. The first-order valence-electron chi connectivity index (χ1n) is 8.81. The minimum Gasteiger partial charge on any atom is -0.361 e. The van der Waals surface area contributed by atoms with Gasteiger partial charge in [0.25, 0.3) is 0 Å². The molecule has 0 aliphatic carbocycles. The molecule has 0 atom stereocenters. The van der Waals surface area contributed by atoms with Crippen molar-refractivity contribution in [2.75, 3.05) is 29.5 Å². The van der Waals surface area contributed by atoms with Gasteiger partial charge in [0.1, 0.15) is 0 Å². The van der Waals surface area contributed by atoms with Gasteiger partial charge in [-0.25, -0.2) is 8.42 Å². The summed E-state index contributed by atoms with van der Waals surface area (Å²) in [5.41, 5.74) is 4.61. The highest BCUT2D eigenvalue weighted by atomic mass is 35.5. The quantitative estimate of drug-likeness (QED) is 0.445. The number of aromatic nitrogens is 1. The van der Waals surface area contributed by atoms with Crippen molar-refractivity contribution in [3.63, 3.8) is 0 Å². The lowest BCUT2D eigenvalue weighted by atomic mass is 10.1. The van der Waals surface area contributed by atoms with E-state index in [-0.39, 0.29) is 0 Å². The summed E-state index contributed by atoms with van der Waals surface area (Å²) < 4.78 is 24.8. The Labute approximate surface area is 170 Å². The maximum atomic E-state index is 11.8. The lowest BCUT2D eigenvalue weighted by molar-refractivity contribution is 0.600. The van der Waals surface area contributed by atoms with Gasteiger partial charge in [-0.2, -0.15) is 0 Å². The summed E-state index contributed by atoms with van der Waals surface area (Å²) in [6.45, 7) is 2.56. The average molecular weight is 419 g/mol. The molecule has 0 aliphatic rings.